The summed E-state index contributed by atoms with van der Waals surface area (Å²) in [5.74, 6) is 0. The monoisotopic (exact) mass is 238 g/mol. The normalized spacial score (nSPS) is 17.2. The Morgan fingerprint density at radius 2 is 1.94 bits per heavy atom. The molecule has 1 aliphatic heterocycles. The third-order valence-electron chi connectivity index (χ3n) is 3.03. The second-order valence-electron chi connectivity index (χ2n) is 4.00. The van der Waals surface area contributed by atoms with Gasteiger partial charge in [0, 0.05) is 0 Å². The SMILES string of the molecule is Cl.c1ccc2c(c1)nnn2C1CCNCC1. The van der Waals surface area contributed by atoms with E-state index >= 15 is 0 Å². The molecule has 0 aliphatic carbocycles. The number of halogens is 1. The number of benzene rings is 1. The molecule has 0 unspecified atom stereocenters. The summed E-state index contributed by atoms with van der Waals surface area (Å²) in [6, 6.07) is 8.67. The van der Waals surface area contributed by atoms with Crippen molar-refractivity contribution >= 4 is 23.4 Å². The number of nitrogens with one attached hydrogen (secondary N) is 1. The molecule has 4 nitrogen and oxygen atoms in total. The molecule has 1 fully saturated rings. The zero-order valence-corrected chi connectivity index (χ0v) is 9.78. The molecule has 1 saturated heterocycles. The average molecular weight is 239 g/mol. The third kappa shape index (κ3) is 1.90. The summed E-state index contributed by atoms with van der Waals surface area (Å²) in [6.45, 7) is 2.16. The zero-order valence-electron chi connectivity index (χ0n) is 8.97. The smallest absolute Gasteiger partial charge is 0.113 e. The van der Waals surface area contributed by atoms with Crippen molar-refractivity contribution < 1.29 is 0 Å². The molecule has 1 N–H and O–H groups in total. The van der Waals surface area contributed by atoms with Gasteiger partial charge in [0.1, 0.15) is 5.52 Å². The van der Waals surface area contributed by atoms with Crippen LogP contribution in [0.5, 0.6) is 0 Å². The highest BCUT2D eigenvalue weighted by atomic mass is 35.5. The fourth-order valence-corrected chi connectivity index (χ4v) is 2.21. The highest BCUT2D eigenvalue weighted by Gasteiger charge is 2.17. The van der Waals surface area contributed by atoms with Crippen LogP contribution in [0.15, 0.2) is 24.3 Å². The van der Waals surface area contributed by atoms with E-state index in [-0.39, 0.29) is 12.4 Å². The first-order valence-corrected chi connectivity index (χ1v) is 5.46. The van der Waals surface area contributed by atoms with Crippen molar-refractivity contribution in [3.63, 3.8) is 0 Å². The van der Waals surface area contributed by atoms with E-state index < -0.39 is 0 Å². The molecule has 0 radical (unpaired) electrons. The van der Waals surface area contributed by atoms with E-state index in [2.05, 4.69) is 26.4 Å². The number of piperidine rings is 1. The predicted octanol–water partition coefficient (Wildman–Crippen LogP) is 1.78. The van der Waals surface area contributed by atoms with Gasteiger partial charge in [-0.1, -0.05) is 17.3 Å². The number of rotatable bonds is 1. The zero-order chi connectivity index (χ0) is 10.1. The van der Waals surface area contributed by atoms with Crippen LogP contribution in [-0.4, -0.2) is 28.1 Å². The summed E-state index contributed by atoms with van der Waals surface area (Å²) in [6.07, 6.45) is 2.29. The van der Waals surface area contributed by atoms with E-state index in [0.717, 1.165) is 37.0 Å². The van der Waals surface area contributed by atoms with E-state index in [4.69, 9.17) is 0 Å². The first kappa shape index (κ1) is 11.4. The minimum Gasteiger partial charge on any atom is -0.317 e. The van der Waals surface area contributed by atoms with Crippen LogP contribution in [0.3, 0.4) is 0 Å². The van der Waals surface area contributed by atoms with E-state index in [1.807, 2.05) is 18.2 Å². The van der Waals surface area contributed by atoms with Gasteiger partial charge < -0.3 is 5.32 Å². The maximum Gasteiger partial charge on any atom is 0.113 e. The van der Waals surface area contributed by atoms with Crippen LogP contribution in [-0.2, 0) is 0 Å². The van der Waals surface area contributed by atoms with Gasteiger partial charge in [0.25, 0.3) is 0 Å². The molecule has 0 bridgehead atoms. The molecule has 1 aromatic carbocycles. The van der Waals surface area contributed by atoms with Gasteiger partial charge in [0.15, 0.2) is 0 Å². The van der Waals surface area contributed by atoms with E-state index in [0.29, 0.717) is 6.04 Å². The minimum absolute atomic E-state index is 0. The van der Waals surface area contributed by atoms with Gasteiger partial charge in [-0.3, -0.25) is 0 Å². The number of hydrogen-bond donors (Lipinski definition) is 1. The molecule has 2 aromatic rings. The van der Waals surface area contributed by atoms with Crippen LogP contribution in [0.1, 0.15) is 18.9 Å². The molecule has 0 amide bonds. The first-order valence-electron chi connectivity index (χ1n) is 5.46. The highest BCUT2D eigenvalue weighted by molar-refractivity contribution is 5.85. The summed E-state index contributed by atoms with van der Waals surface area (Å²) in [5, 5.41) is 11.8. The molecule has 86 valence electrons. The molecule has 1 aliphatic rings. The number of nitrogens with zero attached hydrogens (tertiary/aromatic N) is 3. The fraction of sp³-hybridized carbons (Fsp3) is 0.455. The quantitative estimate of drug-likeness (QED) is 0.824. The van der Waals surface area contributed by atoms with Crippen LogP contribution >= 0.6 is 12.4 Å². The molecule has 0 spiro atoms. The van der Waals surface area contributed by atoms with Crippen LogP contribution in [0, 0.1) is 0 Å². The van der Waals surface area contributed by atoms with Crippen LogP contribution < -0.4 is 5.32 Å². The molecule has 0 atom stereocenters. The Morgan fingerprint density at radius 1 is 1.19 bits per heavy atom. The molecular formula is C11H15ClN4. The Labute approximate surface area is 100 Å². The van der Waals surface area contributed by atoms with Gasteiger partial charge in [-0.15, -0.1) is 17.5 Å². The van der Waals surface area contributed by atoms with E-state index in [1.165, 1.54) is 0 Å². The number of hydrogen-bond acceptors (Lipinski definition) is 3. The number of aromatic nitrogens is 3. The topological polar surface area (TPSA) is 42.7 Å². The van der Waals surface area contributed by atoms with Crippen LogP contribution in [0.2, 0.25) is 0 Å². The van der Waals surface area contributed by atoms with Crippen LogP contribution in [0.25, 0.3) is 11.0 Å². The second kappa shape index (κ2) is 4.80. The highest BCUT2D eigenvalue weighted by Crippen LogP contribution is 2.21. The van der Waals surface area contributed by atoms with E-state index in [1.54, 1.807) is 0 Å². The Morgan fingerprint density at radius 3 is 2.75 bits per heavy atom. The van der Waals surface area contributed by atoms with Crippen LogP contribution in [0.4, 0.5) is 0 Å². The Balaban J connectivity index is 0.000000963. The largest absolute Gasteiger partial charge is 0.317 e. The van der Waals surface area contributed by atoms with Crippen molar-refractivity contribution in [3.05, 3.63) is 24.3 Å². The van der Waals surface area contributed by atoms with Gasteiger partial charge in [-0.2, -0.15) is 0 Å². The van der Waals surface area contributed by atoms with Crippen molar-refractivity contribution in [1.82, 2.24) is 20.3 Å². The van der Waals surface area contributed by atoms with Crippen molar-refractivity contribution in [3.8, 4) is 0 Å². The van der Waals surface area contributed by atoms with Crippen molar-refractivity contribution in [2.45, 2.75) is 18.9 Å². The van der Waals surface area contributed by atoms with Gasteiger partial charge in [-0.25, -0.2) is 4.68 Å². The predicted molar refractivity (Wildman–Crippen MR) is 65.9 cm³/mol. The average Bonchev–Trinajstić information content (AvgIpc) is 2.74. The first-order chi connectivity index (χ1) is 7.45. The van der Waals surface area contributed by atoms with E-state index in [9.17, 15) is 0 Å². The standard InChI is InChI=1S/C11H14N4.ClH/c1-2-4-11-10(3-1)13-14-15(11)9-5-7-12-8-6-9;/h1-4,9,12H,5-8H2;1H. The lowest BCUT2D eigenvalue weighted by Crippen LogP contribution is -2.29. The maximum atomic E-state index is 4.26. The Bertz CT molecular complexity index is 462. The Hall–Kier alpha value is -1.13. The van der Waals surface area contributed by atoms with Crippen molar-refractivity contribution in [2.75, 3.05) is 13.1 Å². The maximum absolute atomic E-state index is 4.26. The summed E-state index contributed by atoms with van der Waals surface area (Å²) >= 11 is 0. The molecule has 2 heterocycles. The lowest BCUT2D eigenvalue weighted by molar-refractivity contribution is 0.345. The third-order valence-corrected chi connectivity index (χ3v) is 3.03. The van der Waals surface area contributed by atoms with Gasteiger partial charge in [0.2, 0.25) is 0 Å². The number of fused-ring (bicyclic) bond motifs is 1. The van der Waals surface area contributed by atoms with Crippen molar-refractivity contribution in [2.24, 2.45) is 0 Å². The van der Waals surface area contributed by atoms with Gasteiger partial charge in [-0.05, 0) is 38.1 Å². The molecule has 5 heteroatoms. The fourth-order valence-electron chi connectivity index (χ4n) is 2.21. The van der Waals surface area contributed by atoms with Gasteiger partial charge in [0.05, 0.1) is 11.6 Å². The number of para-hydroxylation sites is 1. The summed E-state index contributed by atoms with van der Waals surface area (Å²) in [4.78, 5) is 0. The second-order valence-corrected chi connectivity index (χ2v) is 4.00. The minimum atomic E-state index is 0. The summed E-state index contributed by atoms with van der Waals surface area (Å²) in [5.41, 5.74) is 2.15. The van der Waals surface area contributed by atoms with Crippen molar-refractivity contribution in [1.29, 1.82) is 0 Å². The Kier molecular flexibility index (Phi) is 3.41. The molecule has 16 heavy (non-hydrogen) atoms. The lowest BCUT2D eigenvalue weighted by atomic mass is 10.1. The molecular weight excluding hydrogens is 224 g/mol. The molecule has 3 rings (SSSR count). The summed E-state index contributed by atoms with van der Waals surface area (Å²) in [7, 11) is 0. The molecule has 1 aromatic heterocycles. The summed E-state index contributed by atoms with van der Waals surface area (Å²) < 4.78 is 2.08. The molecule has 0 saturated carbocycles. The van der Waals surface area contributed by atoms with Gasteiger partial charge >= 0.3 is 0 Å². The lowest BCUT2D eigenvalue weighted by Gasteiger charge is -2.22.